The first-order chi connectivity index (χ1) is 9.17. The van der Waals surface area contributed by atoms with Gasteiger partial charge in [0.1, 0.15) is 0 Å². The molecule has 0 aliphatic carbocycles. The fourth-order valence-electron chi connectivity index (χ4n) is 1.74. The number of carbonyl (C=O) groups is 1. The first kappa shape index (κ1) is 15.6. The van der Waals surface area contributed by atoms with E-state index in [1.807, 2.05) is 32.0 Å². The first-order valence-corrected chi connectivity index (χ1v) is 6.57. The van der Waals surface area contributed by atoms with E-state index in [0.717, 1.165) is 11.4 Å². The van der Waals surface area contributed by atoms with Crippen LogP contribution >= 0.6 is 0 Å². The molecular weight excluding hydrogens is 242 g/mol. The van der Waals surface area contributed by atoms with Crippen molar-refractivity contribution in [3.63, 3.8) is 0 Å². The van der Waals surface area contributed by atoms with Gasteiger partial charge in [0.25, 0.3) is 0 Å². The maximum atomic E-state index is 12.0. The highest BCUT2D eigenvalue weighted by molar-refractivity contribution is 5.78. The van der Waals surface area contributed by atoms with E-state index < -0.39 is 0 Å². The number of amides is 1. The molecule has 1 amide bonds. The molecule has 0 fully saturated rings. The zero-order chi connectivity index (χ0) is 14.1. The van der Waals surface area contributed by atoms with E-state index in [1.165, 1.54) is 0 Å². The summed E-state index contributed by atoms with van der Waals surface area (Å²) in [5, 5.41) is 3.06. The number of methoxy groups -OCH3 is 1. The Bertz CT molecular complexity index is 396. The standard InChI is InChI=1S/C14H23N3O2/c1-4-17(14(18)10-15-8-9-19-3)11-13-7-5-6-12(2)16-13/h5-7,15H,4,8-11H2,1-3H3. The largest absolute Gasteiger partial charge is 0.383 e. The lowest BCUT2D eigenvalue weighted by molar-refractivity contribution is -0.130. The lowest BCUT2D eigenvalue weighted by Gasteiger charge is -2.21. The van der Waals surface area contributed by atoms with Gasteiger partial charge in [-0.15, -0.1) is 0 Å². The van der Waals surface area contributed by atoms with Crippen molar-refractivity contribution in [3.8, 4) is 0 Å². The molecule has 0 spiro atoms. The summed E-state index contributed by atoms with van der Waals surface area (Å²) in [5.41, 5.74) is 1.89. The van der Waals surface area contributed by atoms with Gasteiger partial charge in [-0.05, 0) is 26.0 Å². The maximum absolute atomic E-state index is 12.0. The minimum Gasteiger partial charge on any atom is -0.383 e. The Morgan fingerprint density at radius 3 is 2.89 bits per heavy atom. The summed E-state index contributed by atoms with van der Waals surface area (Å²) >= 11 is 0. The SMILES string of the molecule is CCN(Cc1cccc(C)n1)C(=O)CNCCOC. The van der Waals surface area contributed by atoms with Gasteiger partial charge in [0.2, 0.25) is 5.91 Å². The number of aromatic nitrogens is 1. The number of hydrogen-bond acceptors (Lipinski definition) is 4. The second-order valence-corrected chi connectivity index (χ2v) is 4.35. The molecule has 1 rings (SSSR count). The minimum atomic E-state index is 0.0851. The van der Waals surface area contributed by atoms with Crippen molar-refractivity contribution in [1.82, 2.24) is 15.2 Å². The molecule has 0 saturated carbocycles. The van der Waals surface area contributed by atoms with Gasteiger partial charge < -0.3 is 15.0 Å². The van der Waals surface area contributed by atoms with E-state index in [1.54, 1.807) is 12.0 Å². The van der Waals surface area contributed by atoms with E-state index in [-0.39, 0.29) is 5.91 Å². The highest BCUT2D eigenvalue weighted by Gasteiger charge is 2.12. The molecule has 0 aliphatic rings. The summed E-state index contributed by atoms with van der Waals surface area (Å²) in [5.74, 6) is 0.0851. The Labute approximate surface area is 115 Å². The quantitative estimate of drug-likeness (QED) is 0.712. The average Bonchev–Trinajstić information content (AvgIpc) is 2.41. The number of rotatable bonds is 8. The highest BCUT2D eigenvalue weighted by atomic mass is 16.5. The fraction of sp³-hybridized carbons (Fsp3) is 0.571. The summed E-state index contributed by atoms with van der Waals surface area (Å²) in [6.45, 7) is 6.80. The van der Waals surface area contributed by atoms with Crippen molar-refractivity contribution in [2.24, 2.45) is 0 Å². The maximum Gasteiger partial charge on any atom is 0.236 e. The van der Waals surface area contributed by atoms with Gasteiger partial charge in [0, 0.05) is 25.9 Å². The smallest absolute Gasteiger partial charge is 0.236 e. The number of hydrogen-bond donors (Lipinski definition) is 1. The van der Waals surface area contributed by atoms with Gasteiger partial charge in [0.15, 0.2) is 0 Å². The van der Waals surface area contributed by atoms with Crippen LogP contribution in [0, 0.1) is 6.92 Å². The van der Waals surface area contributed by atoms with Gasteiger partial charge >= 0.3 is 0 Å². The third-order valence-electron chi connectivity index (χ3n) is 2.79. The first-order valence-electron chi connectivity index (χ1n) is 6.57. The van der Waals surface area contributed by atoms with Crippen molar-refractivity contribution in [1.29, 1.82) is 0 Å². The van der Waals surface area contributed by atoms with Crippen molar-refractivity contribution >= 4 is 5.91 Å². The molecule has 0 radical (unpaired) electrons. The van der Waals surface area contributed by atoms with E-state index in [2.05, 4.69) is 10.3 Å². The molecule has 0 aromatic carbocycles. The van der Waals surface area contributed by atoms with Crippen LogP contribution in [0.1, 0.15) is 18.3 Å². The molecule has 5 heteroatoms. The van der Waals surface area contributed by atoms with Crippen LogP contribution in [-0.4, -0.2) is 49.1 Å². The topological polar surface area (TPSA) is 54.5 Å². The molecule has 0 atom stereocenters. The second-order valence-electron chi connectivity index (χ2n) is 4.35. The van der Waals surface area contributed by atoms with E-state index >= 15 is 0 Å². The molecule has 1 aromatic rings. The molecule has 1 aromatic heterocycles. The van der Waals surface area contributed by atoms with Crippen LogP contribution in [0.2, 0.25) is 0 Å². The monoisotopic (exact) mass is 265 g/mol. The van der Waals surface area contributed by atoms with Crippen LogP contribution in [0.15, 0.2) is 18.2 Å². The Morgan fingerprint density at radius 2 is 2.26 bits per heavy atom. The highest BCUT2D eigenvalue weighted by Crippen LogP contribution is 2.03. The summed E-state index contributed by atoms with van der Waals surface area (Å²) < 4.78 is 4.92. The Kier molecular flexibility index (Phi) is 7.07. The lowest BCUT2D eigenvalue weighted by Crippen LogP contribution is -2.38. The number of nitrogens with one attached hydrogen (secondary N) is 1. The number of likely N-dealkylation sites (N-methyl/N-ethyl adjacent to an activating group) is 1. The number of carbonyl (C=O) groups excluding carboxylic acids is 1. The lowest BCUT2D eigenvalue weighted by atomic mass is 10.3. The van der Waals surface area contributed by atoms with Crippen LogP contribution in [0.3, 0.4) is 0 Å². The number of aryl methyl sites for hydroxylation is 1. The zero-order valence-corrected chi connectivity index (χ0v) is 12.0. The third-order valence-corrected chi connectivity index (χ3v) is 2.79. The normalized spacial score (nSPS) is 10.5. The van der Waals surface area contributed by atoms with Gasteiger partial charge in [-0.25, -0.2) is 0 Å². The van der Waals surface area contributed by atoms with Crippen molar-refractivity contribution in [2.75, 3.05) is 33.4 Å². The van der Waals surface area contributed by atoms with E-state index in [0.29, 0.717) is 32.8 Å². The van der Waals surface area contributed by atoms with E-state index in [9.17, 15) is 4.79 Å². The Morgan fingerprint density at radius 1 is 1.47 bits per heavy atom. The predicted molar refractivity (Wildman–Crippen MR) is 74.8 cm³/mol. The number of pyridine rings is 1. The molecule has 0 bridgehead atoms. The number of ether oxygens (including phenoxy) is 1. The van der Waals surface area contributed by atoms with E-state index in [4.69, 9.17) is 4.74 Å². The van der Waals surface area contributed by atoms with Crippen LogP contribution < -0.4 is 5.32 Å². The zero-order valence-electron chi connectivity index (χ0n) is 12.0. The van der Waals surface area contributed by atoms with Crippen LogP contribution in [0.4, 0.5) is 0 Å². The molecule has 0 aliphatic heterocycles. The van der Waals surface area contributed by atoms with Crippen molar-refractivity contribution in [2.45, 2.75) is 20.4 Å². The van der Waals surface area contributed by atoms with Crippen molar-refractivity contribution < 1.29 is 9.53 Å². The molecular formula is C14H23N3O2. The van der Waals surface area contributed by atoms with Gasteiger partial charge in [-0.3, -0.25) is 9.78 Å². The van der Waals surface area contributed by atoms with Gasteiger partial charge in [0.05, 0.1) is 25.4 Å². The summed E-state index contributed by atoms with van der Waals surface area (Å²) in [6.07, 6.45) is 0. The average molecular weight is 265 g/mol. The van der Waals surface area contributed by atoms with Gasteiger partial charge in [-0.2, -0.15) is 0 Å². The van der Waals surface area contributed by atoms with Gasteiger partial charge in [-0.1, -0.05) is 6.07 Å². The summed E-state index contributed by atoms with van der Waals surface area (Å²) in [7, 11) is 1.64. The summed E-state index contributed by atoms with van der Waals surface area (Å²) in [4.78, 5) is 18.2. The third kappa shape index (κ3) is 5.81. The molecule has 106 valence electrons. The van der Waals surface area contributed by atoms with Crippen LogP contribution in [0.25, 0.3) is 0 Å². The fourth-order valence-corrected chi connectivity index (χ4v) is 1.74. The van der Waals surface area contributed by atoms with Crippen molar-refractivity contribution in [3.05, 3.63) is 29.6 Å². The van der Waals surface area contributed by atoms with Crippen LogP contribution in [-0.2, 0) is 16.1 Å². The Hall–Kier alpha value is -1.46. The summed E-state index contributed by atoms with van der Waals surface area (Å²) in [6, 6.07) is 5.86. The molecule has 5 nitrogen and oxygen atoms in total. The molecule has 19 heavy (non-hydrogen) atoms. The second kappa shape index (κ2) is 8.61. The Balaban J connectivity index is 2.46. The molecule has 0 saturated heterocycles. The molecule has 1 heterocycles. The minimum absolute atomic E-state index is 0.0851. The predicted octanol–water partition coefficient (Wildman–Crippen LogP) is 0.975. The molecule has 1 N–H and O–H groups in total. The number of nitrogens with zero attached hydrogens (tertiary/aromatic N) is 2. The van der Waals surface area contributed by atoms with Crippen LogP contribution in [0.5, 0.6) is 0 Å². The molecule has 0 unspecified atom stereocenters.